The maximum Gasteiger partial charge on any atom is 0.219 e. The minimum atomic E-state index is 0.231. The molecule has 0 saturated carbocycles. The second-order valence-corrected chi connectivity index (χ2v) is 3.17. The third-order valence-corrected chi connectivity index (χ3v) is 2.46. The lowest BCUT2D eigenvalue weighted by atomic mass is 10.2. The highest BCUT2D eigenvalue weighted by atomic mass is 16.2. The molecule has 2 fully saturated rings. The van der Waals surface area contributed by atoms with E-state index in [2.05, 4.69) is 5.32 Å². The van der Waals surface area contributed by atoms with E-state index in [1.807, 2.05) is 4.90 Å². The molecule has 10 heavy (non-hydrogen) atoms. The van der Waals surface area contributed by atoms with E-state index in [9.17, 15) is 4.79 Å². The SMILES string of the molecule is CC(=O)N1C[C@H]2C[C@@H]1CN2. The Hall–Kier alpha value is -0.570. The van der Waals surface area contributed by atoms with Crippen molar-refractivity contribution in [1.29, 1.82) is 0 Å². The van der Waals surface area contributed by atoms with Gasteiger partial charge < -0.3 is 10.2 Å². The van der Waals surface area contributed by atoms with Gasteiger partial charge >= 0.3 is 0 Å². The number of carbonyl (C=O) groups is 1. The van der Waals surface area contributed by atoms with E-state index >= 15 is 0 Å². The minimum absolute atomic E-state index is 0.231. The lowest BCUT2D eigenvalue weighted by molar-refractivity contribution is -0.130. The van der Waals surface area contributed by atoms with Crippen LogP contribution in [0.1, 0.15) is 13.3 Å². The Bertz CT molecular complexity index is 169. The van der Waals surface area contributed by atoms with Gasteiger partial charge in [0.2, 0.25) is 5.91 Å². The summed E-state index contributed by atoms with van der Waals surface area (Å²) in [6.07, 6.45) is 1.17. The summed E-state index contributed by atoms with van der Waals surface area (Å²) in [5.74, 6) is 0.231. The molecule has 2 aliphatic rings. The number of likely N-dealkylation sites (tertiary alicyclic amines) is 1. The van der Waals surface area contributed by atoms with E-state index in [-0.39, 0.29) is 5.91 Å². The van der Waals surface area contributed by atoms with Crippen molar-refractivity contribution in [2.75, 3.05) is 13.1 Å². The molecule has 3 nitrogen and oxygen atoms in total. The summed E-state index contributed by atoms with van der Waals surface area (Å²) in [5.41, 5.74) is 0. The third-order valence-electron chi connectivity index (χ3n) is 2.46. The van der Waals surface area contributed by atoms with Gasteiger partial charge in [-0.25, -0.2) is 0 Å². The maximum absolute atomic E-state index is 10.9. The summed E-state index contributed by atoms with van der Waals surface area (Å²) in [5, 5.41) is 3.35. The molecular formula is C7H12N2O. The molecule has 0 aromatic heterocycles. The van der Waals surface area contributed by atoms with Gasteiger partial charge in [0.25, 0.3) is 0 Å². The highest BCUT2D eigenvalue weighted by Gasteiger charge is 2.38. The van der Waals surface area contributed by atoms with Crippen LogP contribution in [0.2, 0.25) is 0 Å². The number of amides is 1. The van der Waals surface area contributed by atoms with Crippen molar-refractivity contribution in [2.24, 2.45) is 0 Å². The monoisotopic (exact) mass is 140 g/mol. The molecule has 2 atom stereocenters. The second kappa shape index (κ2) is 1.95. The Morgan fingerprint density at radius 1 is 1.70 bits per heavy atom. The predicted molar refractivity (Wildman–Crippen MR) is 37.6 cm³/mol. The zero-order valence-corrected chi connectivity index (χ0v) is 6.13. The molecule has 0 aromatic carbocycles. The number of piperazine rings is 1. The van der Waals surface area contributed by atoms with Crippen LogP contribution < -0.4 is 5.32 Å². The van der Waals surface area contributed by atoms with Crippen molar-refractivity contribution in [3.8, 4) is 0 Å². The molecular weight excluding hydrogens is 128 g/mol. The molecule has 0 aliphatic carbocycles. The molecule has 2 heterocycles. The van der Waals surface area contributed by atoms with Gasteiger partial charge in [-0.05, 0) is 6.42 Å². The number of hydrogen-bond acceptors (Lipinski definition) is 2. The van der Waals surface area contributed by atoms with E-state index in [1.54, 1.807) is 6.92 Å². The quantitative estimate of drug-likeness (QED) is 0.495. The molecule has 0 aromatic rings. The van der Waals surface area contributed by atoms with Gasteiger partial charge in [-0.15, -0.1) is 0 Å². The number of fused-ring (bicyclic) bond motifs is 2. The van der Waals surface area contributed by atoms with Crippen molar-refractivity contribution >= 4 is 5.91 Å². The minimum Gasteiger partial charge on any atom is -0.337 e. The molecule has 0 radical (unpaired) electrons. The summed E-state index contributed by atoms with van der Waals surface area (Å²) < 4.78 is 0. The molecule has 0 spiro atoms. The van der Waals surface area contributed by atoms with E-state index < -0.39 is 0 Å². The summed E-state index contributed by atoms with van der Waals surface area (Å²) in [7, 11) is 0. The number of carbonyl (C=O) groups excluding carboxylic acids is 1. The highest BCUT2D eigenvalue weighted by Crippen LogP contribution is 2.22. The second-order valence-electron chi connectivity index (χ2n) is 3.17. The van der Waals surface area contributed by atoms with Crippen LogP contribution in [0.25, 0.3) is 0 Å². The first-order valence-electron chi connectivity index (χ1n) is 3.78. The van der Waals surface area contributed by atoms with Crippen LogP contribution in [0.15, 0.2) is 0 Å². The van der Waals surface area contributed by atoms with Crippen molar-refractivity contribution in [2.45, 2.75) is 25.4 Å². The van der Waals surface area contributed by atoms with Gasteiger partial charge in [-0.3, -0.25) is 4.79 Å². The first-order chi connectivity index (χ1) is 4.77. The summed E-state index contributed by atoms with van der Waals surface area (Å²) in [6, 6.07) is 1.09. The number of rotatable bonds is 0. The van der Waals surface area contributed by atoms with E-state index in [0.717, 1.165) is 13.1 Å². The Labute approximate surface area is 60.4 Å². The molecule has 3 heteroatoms. The smallest absolute Gasteiger partial charge is 0.219 e. The van der Waals surface area contributed by atoms with Crippen LogP contribution in [0.3, 0.4) is 0 Å². The molecule has 56 valence electrons. The standard InChI is InChI=1S/C7H12N2O/c1-5(10)9-4-6-2-7(9)3-8-6/h6-8H,2-4H2,1H3/t6-,7-/m1/s1. The topological polar surface area (TPSA) is 32.3 Å². The lowest BCUT2D eigenvalue weighted by Gasteiger charge is -2.25. The fourth-order valence-electron chi connectivity index (χ4n) is 1.95. The molecule has 0 unspecified atom stereocenters. The fraction of sp³-hybridized carbons (Fsp3) is 0.857. The zero-order valence-electron chi connectivity index (χ0n) is 6.13. The predicted octanol–water partition coefficient (Wildman–Crippen LogP) is -0.421. The molecule has 2 rings (SSSR count). The molecule has 1 N–H and O–H groups in total. The number of hydrogen-bond donors (Lipinski definition) is 1. The van der Waals surface area contributed by atoms with Crippen LogP contribution >= 0.6 is 0 Å². The van der Waals surface area contributed by atoms with E-state index in [1.165, 1.54) is 6.42 Å². The van der Waals surface area contributed by atoms with Gasteiger partial charge in [0.05, 0.1) is 0 Å². The van der Waals surface area contributed by atoms with Crippen LogP contribution in [-0.2, 0) is 4.79 Å². The van der Waals surface area contributed by atoms with E-state index in [0.29, 0.717) is 12.1 Å². The normalized spacial score (nSPS) is 37.1. The van der Waals surface area contributed by atoms with Crippen molar-refractivity contribution < 1.29 is 4.79 Å². The van der Waals surface area contributed by atoms with Crippen molar-refractivity contribution in [3.05, 3.63) is 0 Å². The number of nitrogens with one attached hydrogen (secondary N) is 1. The van der Waals surface area contributed by atoms with Gasteiger partial charge in [0, 0.05) is 32.1 Å². The van der Waals surface area contributed by atoms with Crippen LogP contribution in [0.5, 0.6) is 0 Å². The lowest BCUT2D eigenvalue weighted by Crippen LogP contribution is -2.45. The zero-order chi connectivity index (χ0) is 7.14. The number of nitrogens with zero attached hydrogens (tertiary/aromatic N) is 1. The molecule has 2 saturated heterocycles. The van der Waals surface area contributed by atoms with Crippen LogP contribution in [0, 0.1) is 0 Å². The Morgan fingerprint density at radius 3 is 2.80 bits per heavy atom. The molecule has 2 aliphatic heterocycles. The average Bonchev–Trinajstić information content (AvgIpc) is 2.44. The van der Waals surface area contributed by atoms with Gasteiger partial charge in [0.1, 0.15) is 0 Å². The first kappa shape index (κ1) is 6.16. The van der Waals surface area contributed by atoms with Crippen LogP contribution in [0.4, 0.5) is 0 Å². The van der Waals surface area contributed by atoms with Gasteiger partial charge in [-0.2, -0.15) is 0 Å². The third kappa shape index (κ3) is 0.736. The molecule has 1 amide bonds. The van der Waals surface area contributed by atoms with Crippen molar-refractivity contribution in [1.82, 2.24) is 10.2 Å². The van der Waals surface area contributed by atoms with Gasteiger partial charge in [0.15, 0.2) is 0 Å². The van der Waals surface area contributed by atoms with E-state index in [4.69, 9.17) is 0 Å². The Balaban J connectivity index is 2.08. The van der Waals surface area contributed by atoms with Crippen molar-refractivity contribution in [3.63, 3.8) is 0 Å². The largest absolute Gasteiger partial charge is 0.337 e. The van der Waals surface area contributed by atoms with Crippen LogP contribution in [-0.4, -0.2) is 36.0 Å². The summed E-state index contributed by atoms with van der Waals surface area (Å²) in [4.78, 5) is 12.9. The fourth-order valence-corrected chi connectivity index (χ4v) is 1.95. The highest BCUT2D eigenvalue weighted by molar-refractivity contribution is 5.74. The Kier molecular flexibility index (Phi) is 1.20. The first-order valence-corrected chi connectivity index (χ1v) is 3.78. The summed E-state index contributed by atoms with van der Waals surface area (Å²) in [6.45, 7) is 3.59. The summed E-state index contributed by atoms with van der Waals surface area (Å²) >= 11 is 0. The maximum atomic E-state index is 10.9. The van der Waals surface area contributed by atoms with Gasteiger partial charge in [-0.1, -0.05) is 0 Å². The average molecular weight is 140 g/mol. The molecule has 2 bridgehead atoms. The Morgan fingerprint density at radius 2 is 2.50 bits per heavy atom.